The summed E-state index contributed by atoms with van der Waals surface area (Å²) in [4.78, 5) is 5.90. The lowest BCUT2D eigenvalue weighted by Crippen LogP contribution is -2.26. The molecule has 4 rings (SSSR count). The molecule has 1 aliphatic rings. The number of benzene rings is 2. The van der Waals surface area contributed by atoms with Crippen molar-refractivity contribution < 1.29 is 0 Å². The fourth-order valence-electron chi connectivity index (χ4n) is 2.86. The van der Waals surface area contributed by atoms with E-state index in [1.54, 1.807) is 11.9 Å². The molecule has 2 heterocycles. The number of aromatic nitrogens is 2. The number of aryl methyl sites for hydroxylation is 1. The topological polar surface area (TPSA) is 54.2 Å². The predicted octanol–water partition coefficient (Wildman–Crippen LogP) is 4.92. The van der Waals surface area contributed by atoms with Gasteiger partial charge in [-0.3, -0.25) is 9.40 Å². The summed E-state index contributed by atoms with van der Waals surface area (Å²) >= 11 is 1.56. The number of anilines is 1. The third kappa shape index (κ3) is 3.32. The van der Waals surface area contributed by atoms with E-state index in [-0.39, 0.29) is 0 Å². The first-order chi connectivity index (χ1) is 12.6. The molecule has 26 heavy (non-hydrogen) atoms. The SMILES string of the molecule is CC(C)c1ccc(NC2=Nc3c(cccc3-c3ccn(C)n3)SN2)cc1. The van der Waals surface area contributed by atoms with Crippen LogP contribution < -0.4 is 10.0 Å². The molecule has 0 saturated carbocycles. The van der Waals surface area contributed by atoms with Crippen LogP contribution in [0.15, 0.2) is 64.6 Å². The van der Waals surface area contributed by atoms with Crippen LogP contribution in [-0.4, -0.2) is 15.7 Å². The number of nitrogens with zero attached hydrogens (tertiary/aromatic N) is 3. The lowest BCUT2D eigenvalue weighted by atomic mass is 10.0. The molecule has 6 heteroatoms. The quantitative estimate of drug-likeness (QED) is 0.649. The van der Waals surface area contributed by atoms with Gasteiger partial charge in [0.05, 0.1) is 16.3 Å². The molecule has 2 N–H and O–H groups in total. The van der Waals surface area contributed by atoms with E-state index in [0.717, 1.165) is 33.5 Å². The fourth-order valence-corrected chi connectivity index (χ4v) is 3.57. The lowest BCUT2D eigenvalue weighted by molar-refractivity contribution is 0.771. The summed E-state index contributed by atoms with van der Waals surface area (Å²) in [6, 6.07) is 16.6. The maximum absolute atomic E-state index is 4.81. The molecule has 0 spiro atoms. The van der Waals surface area contributed by atoms with Crippen molar-refractivity contribution >= 4 is 29.3 Å². The molecule has 1 aromatic heterocycles. The van der Waals surface area contributed by atoms with E-state index in [1.165, 1.54) is 5.56 Å². The summed E-state index contributed by atoms with van der Waals surface area (Å²) in [6.07, 6.45) is 1.95. The molecule has 1 aliphatic heterocycles. The summed E-state index contributed by atoms with van der Waals surface area (Å²) in [5, 5.41) is 7.89. The number of guanidine groups is 1. The smallest absolute Gasteiger partial charge is 0.211 e. The Morgan fingerprint density at radius 2 is 1.88 bits per heavy atom. The molecule has 2 aromatic carbocycles. The van der Waals surface area contributed by atoms with Crippen LogP contribution >= 0.6 is 11.9 Å². The zero-order valence-corrected chi connectivity index (χ0v) is 15.8. The highest BCUT2D eigenvalue weighted by molar-refractivity contribution is 7.98. The number of fused-ring (bicyclic) bond motifs is 1. The maximum Gasteiger partial charge on any atom is 0.211 e. The van der Waals surface area contributed by atoms with E-state index in [1.807, 2.05) is 30.1 Å². The number of hydrogen-bond donors (Lipinski definition) is 2. The van der Waals surface area contributed by atoms with Gasteiger partial charge < -0.3 is 5.32 Å². The monoisotopic (exact) mass is 363 g/mol. The average molecular weight is 363 g/mol. The molecule has 0 bridgehead atoms. The number of hydrogen-bond acceptors (Lipinski definition) is 5. The first-order valence-corrected chi connectivity index (χ1v) is 9.43. The summed E-state index contributed by atoms with van der Waals surface area (Å²) in [7, 11) is 1.92. The number of para-hydroxylation sites is 1. The van der Waals surface area contributed by atoms with Crippen molar-refractivity contribution in [1.29, 1.82) is 0 Å². The molecular weight excluding hydrogens is 342 g/mol. The second-order valence-electron chi connectivity index (χ2n) is 6.59. The number of aliphatic imine (C=N–C) groups is 1. The van der Waals surface area contributed by atoms with E-state index in [4.69, 9.17) is 4.99 Å². The van der Waals surface area contributed by atoms with Gasteiger partial charge in [0.25, 0.3) is 0 Å². The largest absolute Gasteiger partial charge is 0.325 e. The van der Waals surface area contributed by atoms with Gasteiger partial charge in [-0.2, -0.15) is 5.10 Å². The highest BCUT2D eigenvalue weighted by atomic mass is 32.2. The molecule has 5 nitrogen and oxygen atoms in total. The molecule has 0 fully saturated rings. The summed E-state index contributed by atoms with van der Waals surface area (Å²) in [6.45, 7) is 4.39. The van der Waals surface area contributed by atoms with Gasteiger partial charge in [-0.05, 0) is 47.7 Å². The zero-order chi connectivity index (χ0) is 18.1. The number of rotatable bonds is 3. The van der Waals surface area contributed by atoms with E-state index in [0.29, 0.717) is 5.92 Å². The average Bonchev–Trinajstić information content (AvgIpc) is 3.08. The zero-order valence-electron chi connectivity index (χ0n) is 15.0. The second kappa shape index (κ2) is 6.88. The Morgan fingerprint density at radius 1 is 1.08 bits per heavy atom. The Kier molecular flexibility index (Phi) is 4.42. The van der Waals surface area contributed by atoms with Gasteiger partial charge in [-0.1, -0.05) is 38.1 Å². The fraction of sp³-hybridized carbons (Fsp3) is 0.200. The first kappa shape index (κ1) is 16.7. The Hall–Kier alpha value is -2.73. The molecule has 0 unspecified atom stereocenters. The van der Waals surface area contributed by atoms with Crippen molar-refractivity contribution in [3.8, 4) is 11.3 Å². The van der Waals surface area contributed by atoms with Gasteiger partial charge in [0.1, 0.15) is 0 Å². The summed E-state index contributed by atoms with van der Waals surface area (Å²) in [5.74, 6) is 1.25. The normalized spacial score (nSPS) is 13.2. The molecule has 0 radical (unpaired) electrons. The van der Waals surface area contributed by atoms with E-state index >= 15 is 0 Å². The summed E-state index contributed by atoms with van der Waals surface area (Å²) in [5.41, 5.74) is 5.24. The maximum atomic E-state index is 4.81. The van der Waals surface area contributed by atoms with Gasteiger partial charge in [-0.25, -0.2) is 4.99 Å². The highest BCUT2D eigenvalue weighted by Crippen LogP contribution is 2.39. The highest BCUT2D eigenvalue weighted by Gasteiger charge is 2.18. The van der Waals surface area contributed by atoms with Crippen LogP contribution in [0, 0.1) is 0 Å². The van der Waals surface area contributed by atoms with Gasteiger partial charge in [0.2, 0.25) is 5.96 Å². The van der Waals surface area contributed by atoms with Gasteiger partial charge in [-0.15, -0.1) is 0 Å². The Morgan fingerprint density at radius 3 is 2.58 bits per heavy atom. The van der Waals surface area contributed by atoms with E-state index < -0.39 is 0 Å². The van der Waals surface area contributed by atoms with Crippen LogP contribution in [-0.2, 0) is 7.05 Å². The summed E-state index contributed by atoms with van der Waals surface area (Å²) < 4.78 is 5.08. The van der Waals surface area contributed by atoms with Crippen molar-refractivity contribution in [3.63, 3.8) is 0 Å². The van der Waals surface area contributed by atoms with Crippen LogP contribution in [0.3, 0.4) is 0 Å². The molecule has 0 atom stereocenters. The molecule has 0 aliphatic carbocycles. The molecule has 0 saturated heterocycles. The third-order valence-corrected chi connectivity index (χ3v) is 5.15. The molecule has 0 amide bonds. The Balaban J connectivity index is 1.64. The van der Waals surface area contributed by atoms with E-state index in [9.17, 15) is 0 Å². The van der Waals surface area contributed by atoms with Crippen molar-refractivity contribution in [2.24, 2.45) is 12.0 Å². The Bertz CT molecular complexity index is 957. The van der Waals surface area contributed by atoms with Crippen LogP contribution in [0.25, 0.3) is 11.3 Å². The molecule has 132 valence electrons. The van der Waals surface area contributed by atoms with Gasteiger partial charge in [0, 0.05) is 24.5 Å². The minimum atomic E-state index is 0.526. The predicted molar refractivity (Wildman–Crippen MR) is 109 cm³/mol. The van der Waals surface area contributed by atoms with Crippen LogP contribution in [0.1, 0.15) is 25.3 Å². The van der Waals surface area contributed by atoms with Crippen molar-refractivity contribution in [2.75, 3.05) is 5.32 Å². The first-order valence-electron chi connectivity index (χ1n) is 8.62. The molecule has 3 aromatic rings. The van der Waals surface area contributed by atoms with Crippen LogP contribution in [0.5, 0.6) is 0 Å². The second-order valence-corrected chi connectivity index (χ2v) is 7.44. The minimum absolute atomic E-state index is 0.526. The van der Waals surface area contributed by atoms with Crippen molar-refractivity contribution in [3.05, 3.63) is 60.3 Å². The van der Waals surface area contributed by atoms with E-state index in [2.05, 4.69) is 65.4 Å². The third-order valence-electron chi connectivity index (χ3n) is 4.31. The van der Waals surface area contributed by atoms with Crippen LogP contribution in [0.2, 0.25) is 0 Å². The van der Waals surface area contributed by atoms with Crippen molar-refractivity contribution in [2.45, 2.75) is 24.7 Å². The number of nitrogens with one attached hydrogen (secondary N) is 2. The Labute approximate surface area is 157 Å². The standard InChI is InChI=1S/C20H21N5S/c1-13(2)14-7-9-15(10-8-14)21-20-22-19-16(17-11-12-25(3)23-17)5-4-6-18(19)26-24-20/h4-13H,1-3H3,(H2,21,22,24). The van der Waals surface area contributed by atoms with Crippen LogP contribution in [0.4, 0.5) is 11.4 Å². The van der Waals surface area contributed by atoms with Gasteiger partial charge >= 0.3 is 0 Å². The lowest BCUT2D eigenvalue weighted by Gasteiger charge is -2.19. The van der Waals surface area contributed by atoms with Crippen molar-refractivity contribution in [1.82, 2.24) is 14.5 Å². The minimum Gasteiger partial charge on any atom is -0.325 e. The molecular formula is C20H21N5S. The van der Waals surface area contributed by atoms with Gasteiger partial charge in [0.15, 0.2) is 0 Å².